The Balaban J connectivity index is 1.46. The molecule has 1 aromatic heterocycles. The Hall–Kier alpha value is -3.12. The number of amides is 2. The highest BCUT2D eigenvalue weighted by Crippen LogP contribution is 2.29. The molecule has 2 heterocycles. The third kappa shape index (κ3) is 4.01. The molecule has 27 heavy (non-hydrogen) atoms. The Morgan fingerprint density at radius 2 is 1.48 bits per heavy atom. The molecule has 6 nitrogen and oxygen atoms in total. The van der Waals surface area contributed by atoms with Crippen LogP contribution >= 0.6 is 0 Å². The molecule has 6 heteroatoms. The van der Waals surface area contributed by atoms with Gasteiger partial charge < -0.3 is 9.42 Å². The zero-order valence-electron chi connectivity index (χ0n) is 15.0. The molecule has 1 aliphatic heterocycles. The maximum atomic E-state index is 12.4. The Labute approximate surface area is 158 Å². The van der Waals surface area contributed by atoms with Gasteiger partial charge in [-0.3, -0.25) is 10.2 Å². The van der Waals surface area contributed by atoms with Crippen LogP contribution in [-0.2, 0) is 0 Å². The Morgan fingerprint density at radius 1 is 0.889 bits per heavy atom. The first-order valence-corrected chi connectivity index (χ1v) is 9.11. The first-order valence-electron chi connectivity index (χ1n) is 9.11. The molecule has 138 valence electrons. The Kier molecular flexibility index (Phi) is 5.16. The van der Waals surface area contributed by atoms with E-state index in [0.29, 0.717) is 18.9 Å². The first-order chi connectivity index (χ1) is 13.3. The summed E-state index contributed by atoms with van der Waals surface area (Å²) in [6.45, 7) is 2.95. The number of nitrogens with zero attached hydrogens (tertiary/aromatic N) is 3. The molecule has 0 bridgehead atoms. The Bertz CT molecular complexity index is 805. The maximum absolute atomic E-state index is 12.4. The van der Waals surface area contributed by atoms with Gasteiger partial charge in [0.1, 0.15) is 6.26 Å². The van der Waals surface area contributed by atoms with Crippen molar-refractivity contribution in [2.75, 3.05) is 31.5 Å². The number of nitrogens with one attached hydrogen (secondary N) is 1. The number of benzene rings is 2. The van der Waals surface area contributed by atoms with Crippen molar-refractivity contribution in [2.45, 2.75) is 6.04 Å². The van der Waals surface area contributed by atoms with Crippen LogP contribution in [0.25, 0.3) is 0 Å². The molecular weight excluding hydrogens is 340 g/mol. The van der Waals surface area contributed by atoms with E-state index < -0.39 is 0 Å². The molecule has 0 aliphatic carbocycles. The van der Waals surface area contributed by atoms with Crippen molar-refractivity contribution < 1.29 is 9.32 Å². The second-order valence-corrected chi connectivity index (χ2v) is 6.56. The molecule has 4 rings (SSSR count). The van der Waals surface area contributed by atoms with Crippen molar-refractivity contribution in [1.29, 1.82) is 0 Å². The van der Waals surface area contributed by atoms with Gasteiger partial charge in [-0.1, -0.05) is 65.8 Å². The van der Waals surface area contributed by atoms with Crippen LogP contribution in [0.5, 0.6) is 0 Å². The highest BCUT2D eigenvalue weighted by molar-refractivity contribution is 5.88. The lowest BCUT2D eigenvalue weighted by Crippen LogP contribution is -2.51. The molecule has 1 N–H and O–H groups in total. The SMILES string of the molecule is O=C(Nc1ccon1)N1CCN(C(c2ccccc2)c2ccccc2)CC1. The largest absolute Gasteiger partial charge is 0.363 e. The van der Waals surface area contributed by atoms with E-state index in [1.807, 2.05) is 17.0 Å². The third-order valence-corrected chi connectivity index (χ3v) is 4.87. The molecule has 0 radical (unpaired) electrons. The number of urea groups is 1. The minimum Gasteiger partial charge on any atom is -0.363 e. The number of piperazine rings is 1. The molecule has 0 spiro atoms. The number of hydrogen-bond acceptors (Lipinski definition) is 4. The lowest BCUT2D eigenvalue weighted by Gasteiger charge is -2.39. The van der Waals surface area contributed by atoms with Gasteiger partial charge in [0.2, 0.25) is 0 Å². The van der Waals surface area contributed by atoms with Gasteiger partial charge in [-0.15, -0.1) is 0 Å². The van der Waals surface area contributed by atoms with Gasteiger partial charge in [0.25, 0.3) is 0 Å². The summed E-state index contributed by atoms with van der Waals surface area (Å²) in [5.41, 5.74) is 2.54. The van der Waals surface area contributed by atoms with E-state index in [9.17, 15) is 4.79 Å². The average Bonchev–Trinajstić information content (AvgIpc) is 3.23. The van der Waals surface area contributed by atoms with E-state index in [1.54, 1.807) is 6.07 Å². The molecule has 2 amide bonds. The number of aromatic nitrogens is 1. The van der Waals surface area contributed by atoms with E-state index >= 15 is 0 Å². The summed E-state index contributed by atoms with van der Waals surface area (Å²) < 4.78 is 4.76. The summed E-state index contributed by atoms with van der Waals surface area (Å²) in [6, 6.07) is 22.7. The van der Waals surface area contributed by atoms with Crippen LogP contribution in [0, 0.1) is 0 Å². The molecule has 1 saturated heterocycles. The van der Waals surface area contributed by atoms with Crippen LogP contribution in [-0.4, -0.2) is 47.2 Å². The maximum Gasteiger partial charge on any atom is 0.323 e. The number of rotatable bonds is 4. The second-order valence-electron chi connectivity index (χ2n) is 6.56. The molecule has 3 aromatic rings. The molecule has 0 unspecified atom stereocenters. The van der Waals surface area contributed by atoms with Gasteiger partial charge >= 0.3 is 6.03 Å². The van der Waals surface area contributed by atoms with Crippen LogP contribution in [0.15, 0.2) is 77.5 Å². The minimum atomic E-state index is -0.139. The van der Waals surface area contributed by atoms with Gasteiger partial charge in [-0.05, 0) is 11.1 Å². The smallest absolute Gasteiger partial charge is 0.323 e. The van der Waals surface area contributed by atoms with Crippen molar-refractivity contribution in [1.82, 2.24) is 15.0 Å². The molecule has 2 aromatic carbocycles. The van der Waals surface area contributed by atoms with Gasteiger partial charge in [0.15, 0.2) is 5.82 Å². The normalized spacial score (nSPS) is 15.1. The fourth-order valence-corrected chi connectivity index (χ4v) is 3.53. The van der Waals surface area contributed by atoms with Crippen molar-refractivity contribution >= 4 is 11.8 Å². The van der Waals surface area contributed by atoms with E-state index in [0.717, 1.165) is 13.1 Å². The van der Waals surface area contributed by atoms with Crippen LogP contribution in [0.2, 0.25) is 0 Å². The second kappa shape index (κ2) is 8.05. The van der Waals surface area contributed by atoms with Crippen molar-refractivity contribution in [3.05, 3.63) is 84.1 Å². The summed E-state index contributed by atoms with van der Waals surface area (Å²) in [5, 5.41) is 6.49. The lowest BCUT2D eigenvalue weighted by atomic mass is 9.96. The quantitative estimate of drug-likeness (QED) is 0.770. The van der Waals surface area contributed by atoms with Crippen LogP contribution in [0.3, 0.4) is 0 Å². The Morgan fingerprint density at radius 3 is 2.00 bits per heavy atom. The van der Waals surface area contributed by atoms with Crippen molar-refractivity contribution in [3.63, 3.8) is 0 Å². The summed E-state index contributed by atoms with van der Waals surface area (Å²) >= 11 is 0. The third-order valence-electron chi connectivity index (χ3n) is 4.87. The van der Waals surface area contributed by atoms with E-state index in [1.165, 1.54) is 17.4 Å². The molecule has 1 aliphatic rings. The molecular formula is C21H22N4O2. The average molecular weight is 362 g/mol. The van der Waals surface area contributed by atoms with Crippen molar-refractivity contribution in [3.8, 4) is 0 Å². The van der Waals surface area contributed by atoms with Gasteiger partial charge in [0, 0.05) is 32.2 Å². The number of carbonyl (C=O) groups is 1. The van der Waals surface area contributed by atoms with Gasteiger partial charge in [0.05, 0.1) is 6.04 Å². The summed E-state index contributed by atoms with van der Waals surface area (Å²) in [4.78, 5) is 16.6. The zero-order valence-corrected chi connectivity index (χ0v) is 15.0. The summed E-state index contributed by atoms with van der Waals surface area (Å²) in [6.07, 6.45) is 1.44. The fraction of sp³-hybridized carbons (Fsp3) is 0.238. The predicted molar refractivity (Wildman–Crippen MR) is 103 cm³/mol. The monoisotopic (exact) mass is 362 g/mol. The highest BCUT2D eigenvalue weighted by atomic mass is 16.5. The predicted octanol–water partition coefficient (Wildman–Crippen LogP) is 3.61. The molecule has 0 atom stereocenters. The standard InChI is InChI=1S/C21H22N4O2/c26-21(22-19-11-16-27-23-19)25-14-12-24(13-15-25)20(17-7-3-1-4-8-17)18-9-5-2-6-10-18/h1-11,16,20H,12-15H2,(H,22,23,26). The fourth-order valence-electron chi connectivity index (χ4n) is 3.53. The van der Waals surface area contributed by atoms with Crippen LogP contribution in [0.4, 0.5) is 10.6 Å². The van der Waals surface area contributed by atoms with Crippen LogP contribution in [0.1, 0.15) is 17.2 Å². The van der Waals surface area contributed by atoms with E-state index in [2.05, 4.69) is 63.9 Å². The van der Waals surface area contributed by atoms with Gasteiger partial charge in [-0.2, -0.15) is 0 Å². The van der Waals surface area contributed by atoms with E-state index in [4.69, 9.17) is 4.52 Å². The van der Waals surface area contributed by atoms with Gasteiger partial charge in [-0.25, -0.2) is 4.79 Å². The lowest BCUT2D eigenvalue weighted by molar-refractivity contribution is 0.126. The molecule has 1 fully saturated rings. The summed E-state index contributed by atoms with van der Waals surface area (Å²) in [7, 11) is 0. The first kappa shape index (κ1) is 17.3. The minimum absolute atomic E-state index is 0.139. The summed E-state index contributed by atoms with van der Waals surface area (Å²) in [5.74, 6) is 0.439. The van der Waals surface area contributed by atoms with Crippen LogP contribution < -0.4 is 5.32 Å². The highest BCUT2D eigenvalue weighted by Gasteiger charge is 2.28. The number of carbonyl (C=O) groups excluding carboxylic acids is 1. The van der Waals surface area contributed by atoms with Crippen molar-refractivity contribution in [2.24, 2.45) is 0 Å². The topological polar surface area (TPSA) is 61.6 Å². The number of hydrogen-bond donors (Lipinski definition) is 1. The molecule has 0 saturated carbocycles. The number of anilines is 1. The van der Waals surface area contributed by atoms with E-state index in [-0.39, 0.29) is 12.1 Å². The zero-order chi connectivity index (χ0) is 18.5.